The zero-order valence-corrected chi connectivity index (χ0v) is 20.6. The summed E-state index contributed by atoms with van der Waals surface area (Å²) in [6.45, 7) is 6.49. The largest absolute Gasteiger partial charge is 0.454 e. The zero-order chi connectivity index (χ0) is 24.5. The summed E-state index contributed by atoms with van der Waals surface area (Å²) >= 11 is 1.25. The Morgan fingerprint density at radius 1 is 1.03 bits per heavy atom. The van der Waals surface area contributed by atoms with Crippen molar-refractivity contribution in [3.63, 3.8) is 0 Å². The maximum absolute atomic E-state index is 13.4. The fourth-order valence-corrected chi connectivity index (χ4v) is 5.10. The summed E-state index contributed by atoms with van der Waals surface area (Å²) in [5.74, 6) is 1.31. The second-order valence-corrected chi connectivity index (χ2v) is 9.54. The normalized spacial score (nSPS) is 12.2. The number of hydrogen-bond acceptors (Lipinski definition) is 6. The lowest BCUT2D eigenvalue weighted by molar-refractivity contribution is -0.113. The van der Waals surface area contributed by atoms with Gasteiger partial charge in [-0.15, -0.1) is 0 Å². The topological polar surface area (TPSA) is 82.5 Å². The van der Waals surface area contributed by atoms with E-state index in [0.717, 1.165) is 27.9 Å². The molecule has 1 aliphatic heterocycles. The molecule has 35 heavy (non-hydrogen) atoms. The predicted octanol–water partition coefficient (Wildman–Crippen LogP) is 4.83. The smallest absolute Gasteiger partial charge is 0.262 e. The number of anilines is 1. The molecule has 7 nitrogen and oxygen atoms in total. The van der Waals surface area contributed by atoms with Crippen LogP contribution in [0.25, 0.3) is 10.9 Å². The molecule has 3 aromatic carbocycles. The average Bonchev–Trinajstić information content (AvgIpc) is 3.30. The summed E-state index contributed by atoms with van der Waals surface area (Å²) < 4.78 is 12.5. The quantitative estimate of drug-likeness (QED) is 0.310. The molecule has 5 rings (SSSR count). The van der Waals surface area contributed by atoms with Gasteiger partial charge in [-0.2, -0.15) is 0 Å². The number of hydrogen-bond donors (Lipinski definition) is 1. The third-order valence-electron chi connectivity index (χ3n) is 5.88. The lowest BCUT2D eigenvalue weighted by atomic mass is 10.1. The van der Waals surface area contributed by atoms with Crippen molar-refractivity contribution in [3.05, 3.63) is 87.2 Å². The Balaban J connectivity index is 1.43. The van der Waals surface area contributed by atoms with E-state index in [1.807, 2.05) is 69.3 Å². The molecular weight excluding hydrogens is 462 g/mol. The summed E-state index contributed by atoms with van der Waals surface area (Å²) in [6.07, 6.45) is 0. The molecule has 0 bridgehead atoms. The number of ether oxygens (including phenoxy) is 2. The Morgan fingerprint density at radius 3 is 2.57 bits per heavy atom. The van der Waals surface area contributed by atoms with Crippen molar-refractivity contribution in [3.8, 4) is 11.5 Å². The van der Waals surface area contributed by atoms with Crippen molar-refractivity contribution in [1.82, 2.24) is 9.55 Å². The highest BCUT2D eigenvalue weighted by molar-refractivity contribution is 7.99. The Hall–Kier alpha value is -3.78. The highest BCUT2D eigenvalue weighted by Gasteiger charge is 2.17. The molecule has 1 aliphatic rings. The number of nitrogens with one attached hydrogen (secondary N) is 1. The van der Waals surface area contributed by atoms with Crippen LogP contribution in [0.2, 0.25) is 0 Å². The van der Waals surface area contributed by atoms with Crippen molar-refractivity contribution in [2.45, 2.75) is 32.5 Å². The van der Waals surface area contributed by atoms with E-state index in [1.165, 1.54) is 11.8 Å². The second kappa shape index (κ2) is 9.46. The van der Waals surface area contributed by atoms with E-state index in [1.54, 1.807) is 10.6 Å². The van der Waals surface area contributed by atoms with Crippen molar-refractivity contribution >= 4 is 34.3 Å². The Kier molecular flexibility index (Phi) is 6.21. The zero-order valence-electron chi connectivity index (χ0n) is 19.8. The summed E-state index contributed by atoms with van der Waals surface area (Å²) in [5.41, 5.74) is 5.35. The molecule has 0 unspecified atom stereocenters. The van der Waals surface area contributed by atoms with Gasteiger partial charge in [0.2, 0.25) is 12.7 Å². The van der Waals surface area contributed by atoms with Crippen LogP contribution >= 0.6 is 11.8 Å². The van der Waals surface area contributed by atoms with Gasteiger partial charge in [-0.3, -0.25) is 14.2 Å². The minimum absolute atomic E-state index is 0.124. The molecule has 0 aliphatic carbocycles. The standard InChI is InChI=1S/C27H25N3O4S/c1-16-10-17(2)25(18(3)11-16)29-24(31)14-35-27-28-21-7-5-4-6-20(21)26(32)30(27)13-19-8-9-22-23(12-19)34-15-33-22/h4-12H,13-15H2,1-3H3,(H,29,31). The van der Waals surface area contributed by atoms with Gasteiger partial charge >= 0.3 is 0 Å². The fourth-order valence-electron chi connectivity index (χ4n) is 4.30. The van der Waals surface area contributed by atoms with Gasteiger partial charge in [0.25, 0.3) is 5.56 Å². The molecule has 4 aromatic rings. The van der Waals surface area contributed by atoms with Crippen LogP contribution in [-0.4, -0.2) is 28.0 Å². The molecule has 1 amide bonds. The highest BCUT2D eigenvalue weighted by Crippen LogP contribution is 2.33. The molecule has 0 spiro atoms. The number of aromatic nitrogens is 2. The van der Waals surface area contributed by atoms with E-state index in [9.17, 15) is 9.59 Å². The number of nitrogens with zero attached hydrogens (tertiary/aromatic N) is 2. The summed E-state index contributed by atoms with van der Waals surface area (Å²) in [7, 11) is 0. The van der Waals surface area contributed by atoms with E-state index >= 15 is 0 Å². The van der Waals surface area contributed by atoms with Crippen molar-refractivity contribution in [2.24, 2.45) is 0 Å². The number of carbonyl (C=O) groups excluding carboxylic acids is 1. The number of benzene rings is 3. The van der Waals surface area contributed by atoms with Gasteiger partial charge in [0, 0.05) is 5.69 Å². The van der Waals surface area contributed by atoms with Crippen molar-refractivity contribution < 1.29 is 14.3 Å². The molecule has 0 saturated heterocycles. The molecule has 0 saturated carbocycles. The van der Waals surface area contributed by atoms with Crippen LogP contribution in [0.15, 0.2) is 64.5 Å². The van der Waals surface area contributed by atoms with Crippen LogP contribution in [0.4, 0.5) is 5.69 Å². The van der Waals surface area contributed by atoms with E-state index in [2.05, 4.69) is 5.32 Å². The first-order valence-corrected chi connectivity index (χ1v) is 12.3. The van der Waals surface area contributed by atoms with E-state index < -0.39 is 0 Å². The van der Waals surface area contributed by atoms with Gasteiger partial charge in [-0.25, -0.2) is 4.98 Å². The van der Waals surface area contributed by atoms with E-state index in [-0.39, 0.29) is 24.0 Å². The molecule has 1 aromatic heterocycles. The number of rotatable bonds is 6. The molecule has 8 heteroatoms. The first-order chi connectivity index (χ1) is 16.9. The van der Waals surface area contributed by atoms with Crippen molar-refractivity contribution in [1.29, 1.82) is 0 Å². The molecule has 0 fully saturated rings. The SMILES string of the molecule is Cc1cc(C)c(NC(=O)CSc2nc3ccccc3c(=O)n2Cc2ccc3c(c2)OCO3)c(C)c1. The van der Waals surface area contributed by atoms with Crippen LogP contribution in [0.3, 0.4) is 0 Å². The Labute approximate surface area is 207 Å². The molecule has 178 valence electrons. The van der Waals surface area contributed by atoms with Gasteiger partial charge in [0.15, 0.2) is 16.7 Å². The number of fused-ring (bicyclic) bond motifs is 2. The maximum atomic E-state index is 13.4. The minimum Gasteiger partial charge on any atom is -0.454 e. The minimum atomic E-state index is -0.151. The summed E-state index contributed by atoms with van der Waals surface area (Å²) in [4.78, 5) is 31.0. The maximum Gasteiger partial charge on any atom is 0.262 e. The van der Waals surface area contributed by atoms with Gasteiger partial charge < -0.3 is 14.8 Å². The molecular formula is C27H25N3O4S. The first kappa shape index (κ1) is 23.0. The second-order valence-electron chi connectivity index (χ2n) is 8.60. The number of para-hydroxylation sites is 1. The number of aryl methyl sites for hydroxylation is 3. The van der Waals surface area contributed by atoms with Crippen LogP contribution in [0.5, 0.6) is 11.5 Å². The average molecular weight is 488 g/mol. The van der Waals surface area contributed by atoms with Crippen LogP contribution in [0, 0.1) is 20.8 Å². The number of thioether (sulfide) groups is 1. The lowest BCUT2D eigenvalue weighted by Gasteiger charge is -2.15. The first-order valence-electron chi connectivity index (χ1n) is 11.3. The third kappa shape index (κ3) is 4.74. The fraction of sp³-hybridized carbons (Fsp3) is 0.222. The van der Waals surface area contributed by atoms with Gasteiger partial charge in [0.1, 0.15) is 0 Å². The van der Waals surface area contributed by atoms with E-state index in [0.29, 0.717) is 34.1 Å². The van der Waals surface area contributed by atoms with Gasteiger partial charge in [-0.1, -0.05) is 47.7 Å². The number of carbonyl (C=O) groups is 1. The summed E-state index contributed by atoms with van der Waals surface area (Å²) in [6, 6.07) is 16.9. The molecule has 0 atom stereocenters. The predicted molar refractivity (Wildman–Crippen MR) is 138 cm³/mol. The monoisotopic (exact) mass is 487 g/mol. The number of amides is 1. The van der Waals surface area contributed by atoms with Crippen LogP contribution in [-0.2, 0) is 11.3 Å². The van der Waals surface area contributed by atoms with Gasteiger partial charge in [0.05, 0.1) is 23.2 Å². The molecule has 2 heterocycles. The van der Waals surface area contributed by atoms with Crippen LogP contribution < -0.4 is 20.3 Å². The Bertz CT molecular complexity index is 1490. The van der Waals surface area contributed by atoms with E-state index in [4.69, 9.17) is 14.5 Å². The molecule has 0 radical (unpaired) electrons. The van der Waals surface area contributed by atoms with Gasteiger partial charge in [-0.05, 0) is 61.7 Å². The third-order valence-corrected chi connectivity index (χ3v) is 6.85. The highest BCUT2D eigenvalue weighted by atomic mass is 32.2. The summed E-state index contributed by atoms with van der Waals surface area (Å²) in [5, 5.41) is 4.04. The van der Waals surface area contributed by atoms with Crippen molar-refractivity contribution in [2.75, 3.05) is 17.9 Å². The van der Waals surface area contributed by atoms with Crippen LogP contribution in [0.1, 0.15) is 22.3 Å². The molecule has 1 N–H and O–H groups in total. The Morgan fingerprint density at radius 2 is 1.77 bits per heavy atom. The lowest BCUT2D eigenvalue weighted by Crippen LogP contribution is -2.25.